The number of aromatic amines is 1. The number of aromatic nitrogens is 1. The third kappa shape index (κ3) is 2.80. The van der Waals surface area contributed by atoms with Gasteiger partial charge in [-0.05, 0) is 12.5 Å². The van der Waals surface area contributed by atoms with Crippen molar-refractivity contribution in [2.45, 2.75) is 12.8 Å². The van der Waals surface area contributed by atoms with Crippen molar-refractivity contribution in [3.8, 4) is 0 Å². The number of carboxylic acids is 1. The van der Waals surface area contributed by atoms with Crippen molar-refractivity contribution in [1.82, 2.24) is 0 Å². The van der Waals surface area contributed by atoms with Gasteiger partial charge in [-0.2, -0.15) is 0 Å². The fourth-order valence-electron chi connectivity index (χ4n) is 0.837. The van der Waals surface area contributed by atoms with Crippen LogP contribution in [0.15, 0.2) is 24.5 Å². The molecule has 0 radical (unpaired) electrons. The van der Waals surface area contributed by atoms with Crippen LogP contribution in [-0.4, -0.2) is 11.1 Å². The molecule has 0 atom stereocenters. The summed E-state index contributed by atoms with van der Waals surface area (Å²) in [5, 5.41) is 8.36. The monoisotopic (exact) mass is 152 g/mol. The van der Waals surface area contributed by atoms with Crippen LogP contribution in [0.1, 0.15) is 12.0 Å². The van der Waals surface area contributed by atoms with Crippen LogP contribution in [-0.2, 0) is 11.2 Å². The molecule has 3 heteroatoms. The molecule has 0 aromatic carbocycles. The summed E-state index contributed by atoms with van der Waals surface area (Å²) in [5.41, 5.74) is 1.02. The molecule has 1 heterocycles. The second kappa shape index (κ2) is 3.71. The van der Waals surface area contributed by atoms with Gasteiger partial charge in [0.2, 0.25) is 0 Å². The minimum absolute atomic E-state index is 0.192. The molecule has 0 fully saturated rings. The van der Waals surface area contributed by atoms with E-state index in [0.717, 1.165) is 5.56 Å². The SMILES string of the molecule is O=C(O)CCc1ccc[nH+]c1. The standard InChI is InChI=1S/C8H9NO2/c10-8(11)4-3-7-2-1-5-9-6-7/h1-2,5-6H,3-4H2,(H,10,11)/p+1. The first kappa shape index (κ1) is 7.72. The van der Waals surface area contributed by atoms with Gasteiger partial charge in [-0.1, -0.05) is 0 Å². The lowest BCUT2D eigenvalue weighted by Crippen LogP contribution is -2.03. The molecule has 11 heavy (non-hydrogen) atoms. The predicted octanol–water partition coefficient (Wildman–Crippen LogP) is 0.518. The Labute approximate surface area is 64.7 Å². The quantitative estimate of drug-likeness (QED) is 0.686. The Morgan fingerprint density at radius 2 is 2.45 bits per heavy atom. The van der Waals surface area contributed by atoms with Gasteiger partial charge in [0.1, 0.15) is 0 Å². The Hall–Kier alpha value is -1.38. The van der Waals surface area contributed by atoms with Crippen LogP contribution in [0, 0.1) is 0 Å². The molecule has 0 saturated carbocycles. The van der Waals surface area contributed by atoms with E-state index in [1.54, 1.807) is 6.20 Å². The molecule has 3 nitrogen and oxygen atoms in total. The maximum absolute atomic E-state index is 10.2. The zero-order valence-corrected chi connectivity index (χ0v) is 6.08. The summed E-state index contributed by atoms with van der Waals surface area (Å²) in [6.07, 6.45) is 4.39. The number of carboxylic acid groups (broad SMARTS) is 1. The Bertz CT molecular complexity index is 233. The van der Waals surface area contributed by atoms with E-state index in [4.69, 9.17) is 5.11 Å². The van der Waals surface area contributed by atoms with Crippen LogP contribution >= 0.6 is 0 Å². The number of hydrogen-bond donors (Lipinski definition) is 1. The van der Waals surface area contributed by atoms with Gasteiger partial charge in [-0.25, -0.2) is 4.98 Å². The van der Waals surface area contributed by atoms with Crippen LogP contribution in [0.4, 0.5) is 0 Å². The summed E-state index contributed by atoms with van der Waals surface area (Å²) in [5.74, 6) is -0.756. The molecule has 1 aromatic heterocycles. The first-order valence-corrected chi connectivity index (χ1v) is 3.46. The van der Waals surface area contributed by atoms with Crippen LogP contribution in [0.2, 0.25) is 0 Å². The molecular weight excluding hydrogens is 142 g/mol. The van der Waals surface area contributed by atoms with Gasteiger partial charge in [0.25, 0.3) is 0 Å². The molecule has 0 aliphatic heterocycles. The number of nitrogens with one attached hydrogen (secondary N) is 1. The van der Waals surface area contributed by atoms with E-state index < -0.39 is 5.97 Å². The van der Waals surface area contributed by atoms with E-state index in [0.29, 0.717) is 6.42 Å². The Morgan fingerprint density at radius 3 is 3.00 bits per heavy atom. The topological polar surface area (TPSA) is 51.4 Å². The molecule has 0 unspecified atom stereocenters. The Balaban J connectivity index is 2.45. The summed E-state index contributed by atoms with van der Waals surface area (Å²) in [6, 6.07) is 3.76. The maximum atomic E-state index is 10.2. The molecule has 0 aliphatic rings. The van der Waals surface area contributed by atoms with Gasteiger partial charge in [0.15, 0.2) is 12.4 Å². The normalized spacial score (nSPS) is 9.45. The number of aryl methyl sites for hydroxylation is 1. The lowest BCUT2D eigenvalue weighted by molar-refractivity contribution is -0.378. The number of carbonyl (C=O) groups is 1. The average Bonchev–Trinajstić information content (AvgIpc) is 2.03. The van der Waals surface area contributed by atoms with Crippen molar-refractivity contribution in [2.24, 2.45) is 0 Å². The fourth-order valence-corrected chi connectivity index (χ4v) is 0.837. The molecule has 0 spiro atoms. The minimum atomic E-state index is -0.756. The number of rotatable bonds is 3. The number of H-pyrrole nitrogens is 1. The van der Waals surface area contributed by atoms with Gasteiger partial charge < -0.3 is 5.11 Å². The smallest absolute Gasteiger partial charge is 0.303 e. The molecule has 2 N–H and O–H groups in total. The molecule has 0 saturated heterocycles. The Morgan fingerprint density at radius 1 is 1.64 bits per heavy atom. The zero-order chi connectivity index (χ0) is 8.10. The molecule has 0 bridgehead atoms. The van der Waals surface area contributed by atoms with Gasteiger partial charge in [-0.15, -0.1) is 0 Å². The van der Waals surface area contributed by atoms with Crippen LogP contribution in [0.5, 0.6) is 0 Å². The molecular formula is C8H10NO2+. The lowest BCUT2D eigenvalue weighted by atomic mass is 10.2. The summed E-state index contributed by atoms with van der Waals surface area (Å²) in [7, 11) is 0. The number of hydrogen-bond acceptors (Lipinski definition) is 1. The highest BCUT2D eigenvalue weighted by molar-refractivity contribution is 5.67. The third-order valence-electron chi connectivity index (χ3n) is 1.40. The van der Waals surface area contributed by atoms with Crippen molar-refractivity contribution in [3.05, 3.63) is 30.1 Å². The van der Waals surface area contributed by atoms with Crippen LogP contribution in [0.3, 0.4) is 0 Å². The maximum Gasteiger partial charge on any atom is 0.303 e. The number of pyridine rings is 1. The van der Waals surface area contributed by atoms with Gasteiger partial charge >= 0.3 is 5.97 Å². The van der Waals surface area contributed by atoms with E-state index in [9.17, 15) is 4.79 Å². The van der Waals surface area contributed by atoms with E-state index >= 15 is 0 Å². The highest BCUT2D eigenvalue weighted by Crippen LogP contribution is 1.97. The van der Waals surface area contributed by atoms with Crippen molar-refractivity contribution in [3.63, 3.8) is 0 Å². The van der Waals surface area contributed by atoms with Gasteiger partial charge in [0.05, 0.1) is 0 Å². The summed E-state index contributed by atoms with van der Waals surface area (Å²) in [6.45, 7) is 0. The molecule has 58 valence electrons. The summed E-state index contributed by atoms with van der Waals surface area (Å²) < 4.78 is 0. The first-order chi connectivity index (χ1) is 5.29. The molecule has 0 aliphatic carbocycles. The van der Waals surface area contributed by atoms with Crippen molar-refractivity contribution in [1.29, 1.82) is 0 Å². The van der Waals surface area contributed by atoms with Gasteiger partial charge in [0, 0.05) is 18.1 Å². The van der Waals surface area contributed by atoms with Crippen molar-refractivity contribution < 1.29 is 14.9 Å². The van der Waals surface area contributed by atoms with E-state index in [-0.39, 0.29) is 6.42 Å². The highest BCUT2D eigenvalue weighted by Gasteiger charge is 1.99. The van der Waals surface area contributed by atoms with Crippen LogP contribution < -0.4 is 4.98 Å². The number of aliphatic carboxylic acids is 1. The second-order valence-corrected chi connectivity index (χ2v) is 2.31. The minimum Gasteiger partial charge on any atom is -0.481 e. The molecule has 0 amide bonds. The second-order valence-electron chi connectivity index (χ2n) is 2.31. The molecule has 1 rings (SSSR count). The van der Waals surface area contributed by atoms with E-state index in [2.05, 4.69) is 4.98 Å². The fraction of sp³-hybridized carbons (Fsp3) is 0.250. The largest absolute Gasteiger partial charge is 0.481 e. The van der Waals surface area contributed by atoms with Crippen molar-refractivity contribution in [2.75, 3.05) is 0 Å². The van der Waals surface area contributed by atoms with Crippen molar-refractivity contribution >= 4 is 5.97 Å². The van der Waals surface area contributed by atoms with E-state index in [1.807, 2.05) is 18.3 Å². The third-order valence-corrected chi connectivity index (χ3v) is 1.40. The lowest BCUT2D eigenvalue weighted by Gasteiger charge is -1.91. The van der Waals surface area contributed by atoms with Crippen LogP contribution in [0.25, 0.3) is 0 Å². The average molecular weight is 152 g/mol. The summed E-state index contributed by atoms with van der Waals surface area (Å²) >= 11 is 0. The first-order valence-electron chi connectivity index (χ1n) is 3.46. The van der Waals surface area contributed by atoms with Gasteiger partial charge in [-0.3, -0.25) is 4.79 Å². The zero-order valence-electron chi connectivity index (χ0n) is 6.08. The Kier molecular flexibility index (Phi) is 2.60. The summed E-state index contributed by atoms with van der Waals surface area (Å²) in [4.78, 5) is 13.1. The van der Waals surface area contributed by atoms with E-state index in [1.165, 1.54) is 0 Å². The highest BCUT2D eigenvalue weighted by atomic mass is 16.4. The predicted molar refractivity (Wildman–Crippen MR) is 39.0 cm³/mol. The molecule has 1 aromatic rings.